The number of hydrogen-bond acceptors (Lipinski definition) is 5. The van der Waals surface area contributed by atoms with Gasteiger partial charge in [0.2, 0.25) is 0 Å². The third kappa shape index (κ3) is 7.31. The average Bonchev–Trinajstić information content (AvgIpc) is 3.38. The van der Waals surface area contributed by atoms with Crippen LogP contribution >= 0.6 is 34.7 Å². The third-order valence-corrected chi connectivity index (χ3v) is 10.6. The van der Waals surface area contributed by atoms with Crippen molar-refractivity contribution in [2.24, 2.45) is 0 Å². The van der Waals surface area contributed by atoms with Crippen LogP contribution in [-0.4, -0.2) is 52.8 Å². The van der Waals surface area contributed by atoms with Crippen molar-refractivity contribution in [3.05, 3.63) is 87.8 Å². The molecule has 1 heterocycles. The molecule has 10 heteroatoms. The molecular formula is C35H37ClF2N2O3S2. The summed E-state index contributed by atoms with van der Waals surface area (Å²) in [6, 6.07) is 18.2. The number of benzene rings is 3. The molecule has 2 amide bonds. The monoisotopic (exact) mass is 670 g/mol. The van der Waals surface area contributed by atoms with Gasteiger partial charge in [-0.05, 0) is 93.7 Å². The first kappa shape index (κ1) is 33.2. The molecule has 0 bridgehead atoms. The molecule has 45 heavy (non-hydrogen) atoms. The van der Waals surface area contributed by atoms with Crippen molar-refractivity contribution in [3.8, 4) is 11.1 Å². The van der Waals surface area contributed by atoms with Crippen molar-refractivity contribution >= 4 is 56.8 Å². The smallest absolute Gasteiger partial charge is 0.410 e. The molecule has 3 aromatic carbocycles. The minimum atomic E-state index is -0.663. The number of nitrogens with zero attached hydrogens (tertiary/aromatic N) is 2. The van der Waals surface area contributed by atoms with E-state index in [-0.39, 0.29) is 44.1 Å². The lowest BCUT2D eigenvalue weighted by atomic mass is 9.89. The van der Waals surface area contributed by atoms with Gasteiger partial charge in [0.15, 0.2) is 0 Å². The maximum atomic E-state index is 14.7. The van der Waals surface area contributed by atoms with Gasteiger partial charge in [0.25, 0.3) is 5.91 Å². The highest BCUT2D eigenvalue weighted by atomic mass is 35.5. The maximum Gasteiger partial charge on any atom is 0.410 e. The third-order valence-electron chi connectivity index (χ3n) is 8.17. The fourth-order valence-electron chi connectivity index (χ4n) is 5.89. The number of hydrogen-bond donors (Lipinski definition) is 0. The standard InChI is InChI=1S/C35H37ClF2N2O3S2/c1-35(2,3)43-34(42)39(4)23-13-15-24(16-14-23)40(33(41)32-30(36)29-26(37)17-18-27(38)31(29)45-32)20-21-9-8-10-22(19-21)25-11-6-7-12-28(25)44-5/h6-12,17-19,23-24H,13-16,20H2,1-5H3. The largest absolute Gasteiger partial charge is 0.444 e. The van der Waals surface area contributed by atoms with Crippen LogP contribution in [0.25, 0.3) is 21.2 Å². The van der Waals surface area contributed by atoms with E-state index in [9.17, 15) is 18.4 Å². The van der Waals surface area contributed by atoms with Crippen LogP contribution in [0.1, 0.15) is 61.7 Å². The Morgan fingerprint density at radius 1 is 0.978 bits per heavy atom. The fourth-order valence-corrected chi connectivity index (χ4v) is 8.02. The second kappa shape index (κ2) is 13.7. The summed E-state index contributed by atoms with van der Waals surface area (Å²) in [6.45, 7) is 5.81. The van der Waals surface area contributed by atoms with E-state index >= 15 is 0 Å². The average molecular weight is 671 g/mol. The summed E-state index contributed by atoms with van der Waals surface area (Å²) in [5, 5.41) is -0.133. The van der Waals surface area contributed by atoms with Gasteiger partial charge in [-0.2, -0.15) is 0 Å². The van der Waals surface area contributed by atoms with Crippen LogP contribution in [0.15, 0.2) is 65.6 Å². The molecule has 0 atom stereocenters. The summed E-state index contributed by atoms with van der Waals surface area (Å²) in [7, 11) is 1.75. The lowest BCUT2D eigenvalue weighted by Crippen LogP contribution is -2.47. The Morgan fingerprint density at radius 3 is 2.31 bits per heavy atom. The number of ether oxygens (including phenoxy) is 1. The Kier molecular flexibility index (Phi) is 10.1. The Labute approximate surface area is 276 Å². The fraction of sp³-hybridized carbons (Fsp3) is 0.371. The van der Waals surface area contributed by atoms with Gasteiger partial charge in [-0.1, -0.05) is 48.0 Å². The van der Waals surface area contributed by atoms with Gasteiger partial charge in [-0.25, -0.2) is 13.6 Å². The molecule has 1 aliphatic carbocycles. The summed E-state index contributed by atoms with van der Waals surface area (Å²) in [6.07, 6.45) is 4.30. The molecule has 1 aromatic heterocycles. The molecule has 1 fully saturated rings. The number of thiophene rings is 1. The van der Waals surface area contributed by atoms with Crippen LogP contribution < -0.4 is 0 Å². The molecule has 0 saturated heterocycles. The van der Waals surface area contributed by atoms with Crippen molar-refractivity contribution in [1.29, 1.82) is 0 Å². The van der Waals surface area contributed by atoms with Gasteiger partial charge in [0.1, 0.15) is 22.1 Å². The first-order chi connectivity index (χ1) is 21.4. The molecule has 5 rings (SSSR count). The molecule has 1 saturated carbocycles. The lowest BCUT2D eigenvalue weighted by Gasteiger charge is -2.40. The zero-order valence-electron chi connectivity index (χ0n) is 26.0. The number of carbonyl (C=O) groups is 2. The van der Waals surface area contributed by atoms with Crippen LogP contribution in [-0.2, 0) is 11.3 Å². The number of amides is 2. The molecule has 0 unspecified atom stereocenters. The SMILES string of the molecule is CSc1ccccc1-c1cccc(CN(C(=O)c2sc3c(F)ccc(F)c3c2Cl)C2CCC(N(C)C(=O)OC(C)(C)C)CC2)c1. The van der Waals surface area contributed by atoms with Crippen LogP contribution in [0.4, 0.5) is 13.6 Å². The number of thioether (sulfide) groups is 1. The zero-order chi connectivity index (χ0) is 32.5. The van der Waals surface area contributed by atoms with E-state index in [1.807, 2.05) is 51.3 Å². The van der Waals surface area contributed by atoms with E-state index in [0.717, 1.165) is 45.1 Å². The van der Waals surface area contributed by atoms with Crippen LogP contribution in [0.5, 0.6) is 0 Å². The normalized spacial score (nSPS) is 16.9. The van der Waals surface area contributed by atoms with Gasteiger partial charge in [0, 0.05) is 30.6 Å². The van der Waals surface area contributed by atoms with Crippen molar-refractivity contribution in [2.45, 2.75) is 75.6 Å². The second-order valence-corrected chi connectivity index (χ2v) is 14.6. The lowest BCUT2D eigenvalue weighted by molar-refractivity contribution is 0.0144. The summed E-state index contributed by atoms with van der Waals surface area (Å²) in [5.41, 5.74) is 2.48. The number of rotatable bonds is 7. The Hall–Kier alpha value is -3.14. The van der Waals surface area contributed by atoms with Crippen molar-refractivity contribution in [1.82, 2.24) is 9.80 Å². The van der Waals surface area contributed by atoms with Crippen molar-refractivity contribution in [3.63, 3.8) is 0 Å². The van der Waals surface area contributed by atoms with Gasteiger partial charge < -0.3 is 14.5 Å². The maximum absolute atomic E-state index is 14.7. The van der Waals surface area contributed by atoms with E-state index in [1.54, 1.807) is 28.6 Å². The molecule has 0 N–H and O–H groups in total. The number of halogens is 3. The number of fused-ring (bicyclic) bond motifs is 1. The van der Waals surface area contributed by atoms with E-state index in [1.165, 1.54) is 0 Å². The van der Waals surface area contributed by atoms with Gasteiger partial charge in [-0.3, -0.25) is 4.79 Å². The molecule has 0 radical (unpaired) electrons. The zero-order valence-corrected chi connectivity index (χ0v) is 28.4. The van der Waals surface area contributed by atoms with E-state index in [0.29, 0.717) is 32.2 Å². The predicted molar refractivity (Wildman–Crippen MR) is 180 cm³/mol. The molecule has 4 aromatic rings. The minimum Gasteiger partial charge on any atom is -0.444 e. The van der Waals surface area contributed by atoms with Crippen molar-refractivity contribution in [2.75, 3.05) is 13.3 Å². The Bertz CT molecular complexity index is 1710. The highest BCUT2D eigenvalue weighted by molar-refractivity contribution is 7.98. The highest BCUT2D eigenvalue weighted by Crippen LogP contribution is 2.40. The Morgan fingerprint density at radius 2 is 1.64 bits per heavy atom. The first-order valence-electron chi connectivity index (χ1n) is 14.9. The van der Waals surface area contributed by atoms with E-state index in [4.69, 9.17) is 16.3 Å². The minimum absolute atomic E-state index is 0.0293. The predicted octanol–water partition coefficient (Wildman–Crippen LogP) is 10.0. The van der Waals surface area contributed by atoms with Crippen LogP contribution in [0.2, 0.25) is 5.02 Å². The van der Waals surface area contributed by atoms with Crippen molar-refractivity contribution < 1.29 is 23.1 Å². The number of carbonyl (C=O) groups excluding carboxylic acids is 2. The topological polar surface area (TPSA) is 49.9 Å². The van der Waals surface area contributed by atoms with Gasteiger partial charge >= 0.3 is 6.09 Å². The summed E-state index contributed by atoms with van der Waals surface area (Å²) >= 11 is 9.16. The van der Waals surface area contributed by atoms with Gasteiger partial charge in [0.05, 0.1) is 15.1 Å². The molecule has 5 nitrogen and oxygen atoms in total. The van der Waals surface area contributed by atoms with Crippen LogP contribution in [0.3, 0.4) is 0 Å². The first-order valence-corrected chi connectivity index (χ1v) is 17.3. The molecule has 0 aliphatic heterocycles. The van der Waals surface area contributed by atoms with E-state index < -0.39 is 17.2 Å². The summed E-state index contributed by atoms with van der Waals surface area (Å²) in [4.78, 5) is 31.8. The summed E-state index contributed by atoms with van der Waals surface area (Å²) in [5.74, 6) is -1.64. The second-order valence-electron chi connectivity index (χ2n) is 12.4. The molecule has 0 spiro atoms. The van der Waals surface area contributed by atoms with Crippen LogP contribution in [0, 0.1) is 11.6 Å². The highest BCUT2D eigenvalue weighted by Gasteiger charge is 2.35. The summed E-state index contributed by atoms with van der Waals surface area (Å²) < 4.78 is 35.0. The molecule has 238 valence electrons. The quantitative estimate of drug-likeness (QED) is 0.184. The molecular weight excluding hydrogens is 634 g/mol. The molecule has 1 aliphatic rings. The van der Waals surface area contributed by atoms with E-state index in [2.05, 4.69) is 24.3 Å². The van der Waals surface area contributed by atoms with Gasteiger partial charge in [-0.15, -0.1) is 23.1 Å². The Balaban J connectivity index is 1.46.